The van der Waals surface area contributed by atoms with Gasteiger partial charge in [0.2, 0.25) is 0 Å². The van der Waals surface area contributed by atoms with Crippen molar-refractivity contribution in [1.82, 2.24) is 4.90 Å². The van der Waals surface area contributed by atoms with Crippen LogP contribution >= 0.6 is 0 Å². The Morgan fingerprint density at radius 3 is 2.60 bits per heavy atom. The lowest BCUT2D eigenvalue weighted by molar-refractivity contribution is 0.0610. The Balaban J connectivity index is 2.36. The van der Waals surface area contributed by atoms with Crippen LogP contribution in [-0.2, 0) is 0 Å². The van der Waals surface area contributed by atoms with Gasteiger partial charge in [0.1, 0.15) is 17.1 Å². The molecule has 1 saturated carbocycles. The average molecular weight is 276 g/mol. The predicted molar refractivity (Wildman–Crippen MR) is 71.8 cm³/mol. The predicted octanol–water partition coefficient (Wildman–Crippen LogP) is 2.74. The number of hydrogen-bond acceptors (Lipinski definition) is 3. The lowest BCUT2D eigenvalue weighted by Crippen LogP contribution is -2.48. The number of carbonyl (C=O) groups excluding carboxylic acids is 1. The molecule has 1 amide bonds. The maximum atomic E-state index is 14.0. The summed E-state index contributed by atoms with van der Waals surface area (Å²) in [4.78, 5) is 14.0. The van der Waals surface area contributed by atoms with E-state index in [0.29, 0.717) is 5.75 Å². The zero-order valence-corrected chi connectivity index (χ0v) is 11.8. The van der Waals surface area contributed by atoms with E-state index in [0.717, 1.165) is 12.8 Å². The second-order valence-corrected chi connectivity index (χ2v) is 5.42. The van der Waals surface area contributed by atoms with Gasteiger partial charge in [-0.05, 0) is 38.8 Å². The third kappa shape index (κ3) is 2.60. The normalized spacial score (nSPS) is 14.6. The molecule has 1 aromatic rings. The summed E-state index contributed by atoms with van der Waals surface area (Å²) in [6.07, 6.45) is 1.71. The molecule has 0 aromatic heterocycles. The minimum Gasteiger partial charge on any atom is -0.497 e. The van der Waals surface area contributed by atoms with Crippen molar-refractivity contribution < 1.29 is 13.9 Å². The van der Waals surface area contributed by atoms with Gasteiger partial charge in [0.15, 0.2) is 0 Å². The molecule has 1 aliphatic rings. The van der Waals surface area contributed by atoms with Crippen molar-refractivity contribution in [3.63, 3.8) is 0 Å². The summed E-state index contributed by atoms with van der Waals surface area (Å²) in [5.41, 5.74) is -0.981. The van der Waals surface area contributed by atoms with Crippen LogP contribution in [0.3, 0.4) is 0 Å². The summed E-state index contributed by atoms with van der Waals surface area (Å²) < 4.78 is 18.9. The number of benzene rings is 1. The number of carbonyl (C=O) groups is 1. The molecule has 0 spiro atoms. The fourth-order valence-corrected chi connectivity index (χ4v) is 2.19. The Labute approximate surface area is 117 Å². The van der Waals surface area contributed by atoms with Crippen molar-refractivity contribution in [3.8, 4) is 11.8 Å². The Morgan fingerprint density at radius 2 is 2.15 bits per heavy atom. The average Bonchev–Trinajstić information content (AvgIpc) is 3.22. The fourth-order valence-electron chi connectivity index (χ4n) is 2.19. The van der Waals surface area contributed by atoms with Crippen LogP contribution in [0.5, 0.6) is 5.75 Å². The molecule has 0 aliphatic heterocycles. The zero-order valence-electron chi connectivity index (χ0n) is 11.8. The molecule has 106 valence electrons. The van der Waals surface area contributed by atoms with Crippen LogP contribution in [0.4, 0.5) is 4.39 Å². The minimum absolute atomic E-state index is 0.0265. The van der Waals surface area contributed by atoms with Crippen molar-refractivity contribution in [2.24, 2.45) is 0 Å². The van der Waals surface area contributed by atoms with Gasteiger partial charge in [-0.2, -0.15) is 5.26 Å². The van der Waals surface area contributed by atoms with E-state index in [4.69, 9.17) is 4.74 Å². The van der Waals surface area contributed by atoms with Crippen molar-refractivity contribution in [2.75, 3.05) is 7.11 Å². The molecule has 1 fully saturated rings. The highest BCUT2D eigenvalue weighted by molar-refractivity contribution is 5.95. The molecular weight excluding hydrogens is 259 g/mol. The van der Waals surface area contributed by atoms with Crippen LogP contribution in [0.15, 0.2) is 18.2 Å². The molecule has 0 unspecified atom stereocenters. The second-order valence-electron chi connectivity index (χ2n) is 5.42. The lowest BCUT2D eigenvalue weighted by Gasteiger charge is -2.33. The van der Waals surface area contributed by atoms with Crippen molar-refractivity contribution in [2.45, 2.75) is 38.3 Å². The van der Waals surface area contributed by atoms with Gasteiger partial charge in [-0.15, -0.1) is 0 Å². The van der Waals surface area contributed by atoms with E-state index in [9.17, 15) is 14.4 Å². The Hall–Kier alpha value is -2.09. The molecule has 0 radical (unpaired) electrons. The molecule has 1 aliphatic carbocycles. The van der Waals surface area contributed by atoms with Crippen molar-refractivity contribution >= 4 is 5.91 Å². The second kappa shape index (κ2) is 5.12. The summed E-state index contributed by atoms with van der Waals surface area (Å²) in [7, 11) is 1.44. The number of ether oxygens (including phenoxy) is 1. The highest BCUT2D eigenvalue weighted by Gasteiger charge is 2.42. The van der Waals surface area contributed by atoms with Gasteiger partial charge in [0.05, 0.1) is 18.7 Å². The lowest BCUT2D eigenvalue weighted by atomic mass is 10.0. The van der Waals surface area contributed by atoms with E-state index in [1.165, 1.54) is 24.1 Å². The smallest absolute Gasteiger partial charge is 0.258 e. The number of rotatable bonds is 4. The molecule has 0 saturated heterocycles. The molecule has 5 heteroatoms. The molecule has 1 aromatic carbocycles. The van der Waals surface area contributed by atoms with Crippen LogP contribution in [0.2, 0.25) is 0 Å². The van der Waals surface area contributed by atoms with Gasteiger partial charge in [0, 0.05) is 12.1 Å². The summed E-state index contributed by atoms with van der Waals surface area (Å²) in [5.74, 6) is -0.718. The van der Waals surface area contributed by atoms with E-state index in [1.54, 1.807) is 19.9 Å². The van der Waals surface area contributed by atoms with Crippen molar-refractivity contribution in [3.05, 3.63) is 29.6 Å². The third-order valence-corrected chi connectivity index (χ3v) is 3.41. The van der Waals surface area contributed by atoms with Crippen LogP contribution in [-0.4, -0.2) is 29.5 Å². The molecule has 2 rings (SSSR count). The Kier molecular flexibility index (Phi) is 3.67. The molecule has 0 N–H and O–H groups in total. The summed E-state index contributed by atoms with van der Waals surface area (Å²) in [6.45, 7) is 3.34. The van der Waals surface area contributed by atoms with Crippen LogP contribution < -0.4 is 4.74 Å². The van der Waals surface area contributed by atoms with Gasteiger partial charge in [-0.25, -0.2) is 4.39 Å². The van der Waals surface area contributed by atoms with Crippen LogP contribution in [0, 0.1) is 17.1 Å². The first-order valence-electron chi connectivity index (χ1n) is 6.49. The largest absolute Gasteiger partial charge is 0.497 e. The first-order chi connectivity index (χ1) is 9.40. The molecule has 4 nitrogen and oxygen atoms in total. The topological polar surface area (TPSA) is 53.3 Å². The molecule has 0 atom stereocenters. The monoisotopic (exact) mass is 276 g/mol. The maximum absolute atomic E-state index is 14.0. The van der Waals surface area contributed by atoms with Crippen LogP contribution in [0.25, 0.3) is 0 Å². The molecular formula is C15H17FN2O2. The quantitative estimate of drug-likeness (QED) is 0.849. The highest BCUT2D eigenvalue weighted by atomic mass is 19.1. The number of methoxy groups -OCH3 is 1. The summed E-state index contributed by atoms with van der Waals surface area (Å²) >= 11 is 0. The first kappa shape index (κ1) is 14.3. The third-order valence-electron chi connectivity index (χ3n) is 3.41. The zero-order chi connectivity index (χ0) is 14.9. The number of halogens is 1. The minimum atomic E-state index is -0.954. The molecule has 0 bridgehead atoms. The number of nitriles is 1. The number of nitrogens with zero attached hydrogens (tertiary/aromatic N) is 2. The first-order valence-corrected chi connectivity index (χ1v) is 6.49. The van der Waals surface area contributed by atoms with E-state index >= 15 is 0 Å². The fraction of sp³-hybridized carbons (Fsp3) is 0.467. The maximum Gasteiger partial charge on any atom is 0.258 e. The van der Waals surface area contributed by atoms with E-state index in [2.05, 4.69) is 6.07 Å². The van der Waals surface area contributed by atoms with E-state index in [-0.39, 0.29) is 11.6 Å². The highest BCUT2D eigenvalue weighted by Crippen LogP contribution is 2.34. The van der Waals surface area contributed by atoms with Gasteiger partial charge >= 0.3 is 0 Å². The van der Waals surface area contributed by atoms with E-state index < -0.39 is 17.3 Å². The van der Waals surface area contributed by atoms with Gasteiger partial charge in [-0.1, -0.05) is 0 Å². The Morgan fingerprint density at radius 1 is 1.50 bits per heavy atom. The van der Waals surface area contributed by atoms with Crippen LogP contribution in [0.1, 0.15) is 37.0 Å². The SMILES string of the molecule is COc1ccc(C(=O)N(C2CC2)C(C)(C)C#N)c(F)c1. The number of hydrogen-bond donors (Lipinski definition) is 0. The molecule has 0 heterocycles. The number of amides is 1. The van der Waals surface area contributed by atoms with Crippen molar-refractivity contribution in [1.29, 1.82) is 5.26 Å². The van der Waals surface area contributed by atoms with E-state index in [1.807, 2.05) is 0 Å². The molecule has 20 heavy (non-hydrogen) atoms. The Bertz CT molecular complexity index is 574. The van der Waals surface area contributed by atoms with Gasteiger partial charge in [-0.3, -0.25) is 4.79 Å². The summed E-state index contributed by atoms with van der Waals surface area (Å²) in [6, 6.07) is 6.26. The summed E-state index contributed by atoms with van der Waals surface area (Å²) in [5, 5.41) is 9.23. The van der Waals surface area contributed by atoms with Gasteiger partial charge in [0.25, 0.3) is 5.91 Å². The standard InChI is InChI=1S/C15H17FN2O2/c1-15(2,9-17)18(10-4-5-10)14(19)12-7-6-11(20-3)8-13(12)16/h6-8,10H,4-5H2,1-3H3. The van der Waals surface area contributed by atoms with Gasteiger partial charge < -0.3 is 9.64 Å².